The first-order chi connectivity index (χ1) is 12.9. The Morgan fingerprint density at radius 3 is 2.32 bits per heavy atom. The van der Waals surface area contributed by atoms with Gasteiger partial charge in [0.15, 0.2) is 0 Å². The Bertz CT molecular complexity index is 1000. The molecule has 0 bridgehead atoms. The van der Waals surface area contributed by atoms with E-state index in [9.17, 15) is 36.5 Å². The predicted octanol–water partition coefficient (Wildman–Crippen LogP) is 2.96. The number of amides is 1. The molecule has 28 heavy (non-hydrogen) atoms. The molecule has 0 aliphatic heterocycles. The lowest BCUT2D eigenvalue weighted by Crippen LogP contribution is -2.33. The number of hydrogen-bond donors (Lipinski definition) is 1. The van der Waals surface area contributed by atoms with Crippen LogP contribution in [-0.4, -0.2) is 32.0 Å². The van der Waals surface area contributed by atoms with E-state index in [-0.39, 0.29) is 5.56 Å². The van der Waals surface area contributed by atoms with E-state index in [1.165, 1.54) is 6.07 Å². The third-order valence-electron chi connectivity index (χ3n) is 3.37. The summed E-state index contributed by atoms with van der Waals surface area (Å²) in [6, 6.07) is 7.56. The number of nitrogens with one attached hydrogen (secondary N) is 1. The van der Waals surface area contributed by atoms with Crippen LogP contribution in [0.5, 0.6) is 5.75 Å². The summed E-state index contributed by atoms with van der Waals surface area (Å²) in [5.41, 5.74) is -0.234. The van der Waals surface area contributed by atoms with Crippen LogP contribution >= 0.6 is 0 Å². The molecular formula is C16H13F3N2O6S. The van der Waals surface area contributed by atoms with Crippen LogP contribution in [0.15, 0.2) is 47.4 Å². The van der Waals surface area contributed by atoms with Crippen LogP contribution in [0, 0.1) is 17.0 Å². The molecule has 0 spiro atoms. The Kier molecular flexibility index (Phi) is 5.92. The third kappa shape index (κ3) is 5.42. The Morgan fingerprint density at radius 2 is 1.79 bits per heavy atom. The van der Waals surface area contributed by atoms with Crippen molar-refractivity contribution >= 4 is 21.7 Å². The zero-order chi connectivity index (χ0) is 21.1. The van der Waals surface area contributed by atoms with Gasteiger partial charge in [0, 0.05) is 11.6 Å². The van der Waals surface area contributed by atoms with Gasteiger partial charge < -0.3 is 9.50 Å². The number of nitro groups is 1. The van der Waals surface area contributed by atoms with Crippen LogP contribution in [0.4, 0.5) is 18.9 Å². The van der Waals surface area contributed by atoms with E-state index in [0.29, 0.717) is 5.56 Å². The summed E-state index contributed by atoms with van der Waals surface area (Å²) in [4.78, 5) is 21.4. The van der Waals surface area contributed by atoms with Gasteiger partial charge in [-0.05, 0) is 42.8 Å². The van der Waals surface area contributed by atoms with E-state index in [1.807, 2.05) is 0 Å². The number of halogens is 3. The van der Waals surface area contributed by atoms with Crippen molar-refractivity contribution in [1.29, 1.82) is 0 Å². The molecule has 1 N–H and O–H groups in total. The van der Waals surface area contributed by atoms with Gasteiger partial charge in [0.25, 0.3) is 5.91 Å². The zero-order valence-electron chi connectivity index (χ0n) is 14.2. The molecule has 0 atom stereocenters. The number of alkyl halides is 3. The van der Waals surface area contributed by atoms with Crippen LogP contribution in [0.25, 0.3) is 0 Å². The lowest BCUT2D eigenvalue weighted by Gasteiger charge is -2.10. The van der Waals surface area contributed by atoms with E-state index >= 15 is 0 Å². The highest BCUT2D eigenvalue weighted by Crippen LogP contribution is 2.30. The monoisotopic (exact) mass is 418 g/mol. The molecule has 1 amide bonds. The SMILES string of the molecule is Cc1ccc(OS(=O)(=O)c2ccc(C(=O)NCC(F)(F)F)cc2)c([N+](=O)[O-])c1. The van der Waals surface area contributed by atoms with Gasteiger partial charge >= 0.3 is 22.0 Å². The van der Waals surface area contributed by atoms with Crippen LogP contribution in [0.1, 0.15) is 15.9 Å². The van der Waals surface area contributed by atoms with Gasteiger partial charge in [-0.1, -0.05) is 6.07 Å². The fourth-order valence-corrected chi connectivity index (χ4v) is 3.01. The van der Waals surface area contributed by atoms with E-state index in [2.05, 4.69) is 0 Å². The minimum atomic E-state index is -4.59. The first kappa shape index (κ1) is 21.2. The first-order valence-corrected chi connectivity index (χ1v) is 8.94. The van der Waals surface area contributed by atoms with Gasteiger partial charge in [-0.2, -0.15) is 21.6 Å². The Balaban J connectivity index is 2.21. The van der Waals surface area contributed by atoms with E-state index in [4.69, 9.17) is 4.18 Å². The minimum absolute atomic E-state index is 0.204. The Morgan fingerprint density at radius 1 is 1.18 bits per heavy atom. The largest absolute Gasteiger partial charge is 0.405 e. The minimum Gasteiger partial charge on any atom is -0.372 e. The fourth-order valence-electron chi connectivity index (χ4n) is 2.06. The van der Waals surface area contributed by atoms with E-state index in [1.54, 1.807) is 12.2 Å². The molecule has 2 aromatic rings. The van der Waals surface area contributed by atoms with Gasteiger partial charge in [0.05, 0.1) is 4.92 Å². The topological polar surface area (TPSA) is 116 Å². The third-order valence-corrected chi connectivity index (χ3v) is 4.61. The fraction of sp³-hybridized carbons (Fsp3) is 0.188. The van der Waals surface area contributed by atoms with Crippen molar-refractivity contribution in [2.75, 3.05) is 6.54 Å². The second-order valence-corrected chi connectivity index (χ2v) is 7.13. The molecule has 0 aliphatic carbocycles. The lowest BCUT2D eigenvalue weighted by atomic mass is 10.2. The molecule has 0 radical (unpaired) electrons. The summed E-state index contributed by atoms with van der Waals surface area (Å²) in [5, 5.41) is 12.7. The summed E-state index contributed by atoms with van der Waals surface area (Å²) in [7, 11) is -4.48. The van der Waals surface area contributed by atoms with Crippen molar-refractivity contribution in [3.8, 4) is 5.75 Å². The Hall–Kier alpha value is -3.15. The number of carbonyl (C=O) groups is 1. The van der Waals surface area contributed by atoms with Crippen molar-refractivity contribution in [3.05, 3.63) is 63.7 Å². The number of rotatable bonds is 6. The molecule has 0 heterocycles. The molecule has 0 saturated carbocycles. The summed E-state index contributed by atoms with van der Waals surface area (Å²) < 4.78 is 65.8. The molecule has 0 unspecified atom stereocenters. The molecule has 0 saturated heterocycles. The lowest BCUT2D eigenvalue weighted by molar-refractivity contribution is -0.385. The quantitative estimate of drug-likeness (QED) is 0.438. The highest BCUT2D eigenvalue weighted by Gasteiger charge is 2.28. The van der Waals surface area contributed by atoms with Crippen molar-refractivity contribution in [1.82, 2.24) is 5.32 Å². The van der Waals surface area contributed by atoms with Gasteiger partial charge in [-0.15, -0.1) is 0 Å². The average molecular weight is 418 g/mol. The summed E-state index contributed by atoms with van der Waals surface area (Å²) in [6.07, 6.45) is -4.59. The molecule has 0 aliphatic rings. The van der Waals surface area contributed by atoms with Gasteiger partial charge in [-0.25, -0.2) is 0 Å². The van der Waals surface area contributed by atoms with Crippen molar-refractivity contribution in [3.63, 3.8) is 0 Å². The van der Waals surface area contributed by atoms with Crippen molar-refractivity contribution < 1.29 is 35.5 Å². The summed E-state index contributed by atoms with van der Waals surface area (Å²) in [6.45, 7) is 0.0416. The maximum Gasteiger partial charge on any atom is 0.405 e. The molecule has 0 aromatic heterocycles. The van der Waals surface area contributed by atoms with Crippen molar-refractivity contribution in [2.24, 2.45) is 0 Å². The number of carbonyl (C=O) groups excluding carboxylic acids is 1. The molecule has 12 heteroatoms. The normalized spacial score (nSPS) is 11.7. The van der Waals surface area contributed by atoms with Gasteiger partial charge in [0.2, 0.25) is 5.75 Å². The molecule has 150 valence electrons. The highest BCUT2D eigenvalue weighted by molar-refractivity contribution is 7.87. The van der Waals surface area contributed by atoms with Crippen molar-refractivity contribution in [2.45, 2.75) is 18.0 Å². The number of benzene rings is 2. The maximum absolute atomic E-state index is 12.3. The number of hydrogen-bond acceptors (Lipinski definition) is 6. The zero-order valence-corrected chi connectivity index (χ0v) is 15.0. The van der Waals surface area contributed by atoms with Crippen LogP contribution in [0.2, 0.25) is 0 Å². The molecule has 8 nitrogen and oxygen atoms in total. The molecule has 0 fully saturated rings. The van der Waals surface area contributed by atoms with Crippen LogP contribution in [0.3, 0.4) is 0 Å². The first-order valence-electron chi connectivity index (χ1n) is 7.53. The molecule has 2 aromatic carbocycles. The average Bonchev–Trinajstić information content (AvgIpc) is 2.60. The Labute approximate surface area is 157 Å². The van der Waals surface area contributed by atoms with Gasteiger partial charge in [-0.3, -0.25) is 14.9 Å². The number of nitro benzene ring substituents is 1. The maximum atomic E-state index is 12.3. The van der Waals surface area contributed by atoms with Gasteiger partial charge in [0.1, 0.15) is 11.4 Å². The van der Waals surface area contributed by atoms with Crippen LogP contribution in [-0.2, 0) is 10.1 Å². The molecular weight excluding hydrogens is 405 g/mol. The van der Waals surface area contributed by atoms with E-state index in [0.717, 1.165) is 36.4 Å². The number of aryl methyl sites for hydroxylation is 1. The summed E-state index contributed by atoms with van der Waals surface area (Å²) in [5.74, 6) is -1.54. The number of nitrogens with zero attached hydrogens (tertiary/aromatic N) is 1. The smallest absolute Gasteiger partial charge is 0.372 e. The standard InChI is InChI=1S/C16H13F3N2O6S/c1-10-2-7-14(13(8-10)21(23)24)27-28(25,26)12-5-3-11(4-6-12)15(22)20-9-16(17,18)19/h2-8H,9H2,1H3,(H,20,22). The second-order valence-electron chi connectivity index (χ2n) is 5.59. The van der Waals surface area contributed by atoms with Crippen LogP contribution < -0.4 is 9.50 Å². The molecule has 2 rings (SSSR count). The second kappa shape index (κ2) is 7.84. The predicted molar refractivity (Wildman–Crippen MR) is 90.5 cm³/mol. The summed E-state index contributed by atoms with van der Waals surface area (Å²) >= 11 is 0. The van der Waals surface area contributed by atoms with E-state index < -0.39 is 50.0 Å². The highest BCUT2D eigenvalue weighted by atomic mass is 32.2.